The summed E-state index contributed by atoms with van der Waals surface area (Å²) in [6, 6.07) is 6.96. The number of imide groups is 1. The highest BCUT2D eigenvalue weighted by Gasteiger charge is 2.68. The quantitative estimate of drug-likeness (QED) is 0.549. The predicted molar refractivity (Wildman–Crippen MR) is 97.9 cm³/mol. The summed E-state index contributed by atoms with van der Waals surface area (Å²) < 4.78 is 4.87. The average molecular weight is 375 g/mol. The van der Waals surface area contributed by atoms with Gasteiger partial charge in [0.05, 0.1) is 25.6 Å². The van der Waals surface area contributed by atoms with Gasteiger partial charge in [-0.05, 0) is 24.6 Å². The molecule has 0 radical (unpaired) electrons. The van der Waals surface area contributed by atoms with Crippen molar-refractivity contribution in [3.63, 3.8) is 0 Å². The normalized spacial score (nSPS) is 29.8. The summed E-state index contributed by atoms with van der Waals surface area (Å²) in [6.45, 7) is 1.30. The van der Waals surface area contributed by atoms with Crippen LogP contribution in [0.1, 0.15) is 18.5 Å². The Labute approximate surface area is 158 Å². The molecule has 2 N–H and O–H groups in total. The van der Waals surface area contributed by atoms with Gasteiger partial charge in [-0.25, -0.2) is 4.79 Å². The molecule has 0 saturated carbocycles. The molecule has 2 aliphatic heterocycles. The van der Waals surface area contributed by atoms with Gasteiger partial charge in [-0.3, -0.25) is 19.8 Å². The summed E-state index contributed by atoms with van der Waals surface area (Å²) in [7, 11) is 5.05. The number of anilines is 1. The molecular weight excluding hydrogens is 350 g/mol. The van der Waals surface area contributed by atoms with Crippen LogP contribution in [0, 0.1) is 11.8 Å². The lowest BCUT2D eigenvalue weighted by Crippen LogP contribution is -2.58. The third-order valence-corrected chi connectivity index (χ3v) is 5.63. The Morgan fingerprint density at radius 1 is 1.26 bits per heavy atom. The monoisotopic (exact) mass is 375 g/mol. The molecule has 2 heterocycles. The third kappa shape index (κ3) is 2.71. The van der Waals surface area contributed by atoms with E-state index in [0.29, 0.717) is 0 Å². The van der Waals surface area contributed by atoms with Gasteiger partial charge in [-0.1, -0.05) is 12.1 Å². The van der Waals surface area contributed by atoms with Crippen LogP contribution in [-0.2, 0) is 19.1 Å². The van der Waals surface area contributed by atoms with Gasteiger partial charge in [0, 0.05) is 32.4 Å². The van der Waals surface area contributed by atoms with Gasteiger partial charge in [-0.15, -0.1) is 0 Å². The highest BCUT2D eigenvalue weighted by atomic mass is 16.5. The highest BCUT2D eigenvalue weighted by molar-refractivity contribution is 6.09. The van der Waals surface area contributed by atoms with Gasteiger partial charge in [0.2, 0.25) is 11.8 Å². The van der Waals surface area contributed by atoms with Crippen molar-refractivity contribution in [2.75, 3.05) is 39.3 Å². The largest absolute Gasteiger partial charge is 0.468 e. The molecule has 0 unspecified atom stereocenters. The zero-order chi connectivity index (χ0) is 19.9. The van der Waals surface area contributed by atoms with Crippen molar-refractivity contribution in [3.8, 4) is 0 Å². The van der Waals surface area contributed by atoms with Crippen LogP contribution in [0.4, 0.5) is 5.69 Å². The van der Waals surface area contributed by atoms with Crippen molar-refractivity contribution in [1.29, 1.82) is 0 Å². The molecule has 0 bridgehead atoms. The number of hydrogen-bond acceptors (Lipinski definition) is 7. The van der Waals surface area contributed by atoms with Crippen LogP contribution in [-0.4, -0.2) is 67.7 Å². The number of likely N-dealkylation sites (tertiary alicyclic amines) is 1. The number of nitrogens with one attached hydrogen (secondary N) is 1. The average Bonchev–Trinajstić information content (AvgIpc) is 3.15. The van der Waals surface area contributed by atoms with E-state index in [4.69, 9.17) is 4.74 Å². The Hall–Kier alpha value is -2.45. The van der Waals surface area contributed by atoms with Crippen LogP contribution in [0.3, 0.4) is 0 Å². The van der Waals surface area contributed by atoms with Gasteiger partial charge in [-0.2, -0.15) is 0 Å². The number of carbonyl (C=O) groups is 3. The lowest BCUT2D eigenvalue weighted by molar-refractivity contribution is -0.156. The molecule has 0 spiro atoms. The molecule has 2 fully saturated rings. The highest BCUT2D eigenvalue weighted by Crippen LogP contribution is 2.49. The molecule has 8 nitrogen and oxygen atoms in total. The summed E-state index contributed by atoms with van der Waals surface area (Å²) in [4.78, 5) is 41.5. The van der Waals surface area contributed by atoms with Gasteiger partial charge < -0.3 is 14.7 Å². The maximum absolute atomic E-state index is 12.9. The number of rotatable bonds is 5. The van der Waals surface area contributed by atoms with Crippen LogP contribution in [0.5, 0.6) is 0 Å². The number of fused-ring (bicyclic) bond motifs is 1. The fourth-order valence-corrected chi connectivity index (χ4v) is 4.22. The predicted octanol–water partition coefficient (Wildman–Crippen LogP) is -0.0779. The van der Waals surface area contributed by atoms with Crippen molar-refractivity contribution in [3.05, 3.63) is 29.8 Å². The molecule has 27 heavy (non-hydrogen) atoms. The van der Waals surface area contributed by atoms with E-state index in [1.807, 2.05) is 43.3 Å². The first-order valence-corrected chi connectivity index (χ1v) is 8.91. The first-order valence-electron chi connectivity index (χ1n) is 8.91. The number of hydrogen-bond donors (Lipinski definition) is 2. The Morgan fingerprint density at radius 2 is 1.89 bits per heavy atom. The summed E-state index contributed by atoms with van der Waals surface area (Å²) >= 11 is 0. The van der Waals surface area contributed by atoms with Gasteiger partial charge in [0.1, 0.15) is 0 Å². The first-order chi connectivity index (χ1) is 12.8. The Kier molecular flexibility index (Phi) is 4.96. The minimum absolute atomic E-state index is 0.222. The minimum atomic E-state index is -1.64. The zero-order valence-corrected chi connectivity index (χ0v) is 15.9. The SMILES string of the molecule is CCN1C(=O)[C@@H]2[C@@H](c3ccc(N(C)C)cc3)N[C@@](CO)(C(=O)OC)[C@@H]2C1=O. The van der Waals surface area contributed by atoms with Crippen LogP contribution in [0.15, 0.2) is 24.3 Å². The second-order valence-corrected chi connectivity index (χ2v) is 7.15. The summed E-state index contributed by atoms with van der Waals surface area (Å²) in [5.74, 6) is -3.30. The lowest BCUT2D eigenvalue weighted by Gasteiger charge is -2.30. The number of aliphatic hydroxyl groups excluding tert-OH is 1. The lowest BCUT2D eigenvalue weighted by atomic mass is 9.79. The molecule has 4 atom stereocenters. The van der Waals surface area contributed by atoms with Crippen molar-refractivity contribution in [1.82, 2.24) is 10.2 Å². The van der Waals surface area contributed by atoms with Crippen molar-refractivity contribution in [2.45, 2.75) is 18.5 Å². The van der Waals surface area contributed by atoms with Crippen LogP contribution >= 0.6 is 0 Å². The van der Waals surface area contributed by atoms with E-state index in [0.717, 1.165) is 16.2 Å². The number of esters is 1. The number of amides is 2. The molecule has 0 aliphatic carbocycles. The number of nitrogens with zero attached hydrogens (tertiary/aromatic N) is 2. The molecule has 8 heteroatoms. The number of ether oxygens (including phenoxy) is 1. The van der Waals surface area contributed by atoms with E-state index >= 15 is 0 Å². The first kappa shape index (κ1) is 19.3. The molecular formula is C19H25N3O5. The second-order valence-electron chi connectivity index (χ2n) is 7.15. The number of aliphatic hydroxyl groups is 1. The van der Waals surface area contributed by atoms with E-state index in [-0.39, 0.29) is 12.5 Å². The van der Waals surface area contributed by atoms with Crippen LogP contribution < -0.4 is 10.2 Å². The van der Waals surface area contributed by atoms with E-state index in [1.165, 1.54) is 7.11 Å². The van der Waals surface area contributed by atoms with E-state index in [2.05, 4.69) is 5.32 Å². The maximum atomic E-state index is 12.9. The molecule has 2 aliphatic rings. The number of carbonyl (C=O) groups excluding carboxylic acids is 3. The van der Waals surface area contributed by atoms with Crippen LogP contribution in [0.2, 0.25) is 0 Å². The minimum Gasteiger partial charge on any atom is -0.468 e. The fourth-order valence-electron chi connectivity index (χ4n) is 4.22. The maximum Gasteiger partial charge on any atom is 0.329 e. The molecule has 2 saturated heterocycles. The Bertz CT molecular complexity index is 763. The molecule has 3 rings (SSSR count). The van der Waals surface area contributed by atoms with Crippen molar-refractivity contribution in [2.24, 2.45) is 11.8 Å². The third-order valence-electron chi connectivity index (χ3n) is 5.63. The Morgan fingerprint density at radius 3 is 2.37 bits per heavy atom. The number of methoxy groups -OCH3 is 1. The fraction of sp³-hybridized carbons (Fsp3) is 0.526. The van der Waals surface area contributed by atoms with Gasteiger partial charge in [0.15, 0.2) is 5.54 Å². The smallest absolute Gasteiger partial charge is 0.329 e. The standard InChI is InChI=1S/C19H25N3O5/c1-5-22-16(24)13-14(17(22)25)19(10-23,18(26)27-4)20-15(13)11-6-8-12(9-7-11)21(2)3/h6-9,13-15,20,23H,5,10H2,1-4H3/t13-,14-,15+,19+/m0/s1. The van der Waals surface area contributed by atoms with Crippen molar-refractivity contribution >= 4 is 23.5 Å². The van der Waals surface area contributed by atoms with Crippen molar-refractivity contribution < 1.29 is 24.2 Å². The van der Waals surface area contributed by atoms with Crippen LogP contribution in [0.25, 0.3) is 0 Å². The molecule has 1 aromatic carbocycles. The topological polar surface area (TPSA) is 99.2 Å². The molecule has 2 amide bonds. The van der Waals surface area contributed by atoms with Gasteiger partial charge >= 0.3 is 5.97 Å². The summed E-state index contributed by atoms with van der Waals surface area (Å²) in [5.41, 5.74) is 0.119. The summed E-state index contributed by atoms with van der Waals surface area (Å²) in [5, 5.41) is 13.1. The second kappa shape index (κ2) is 6.94. The summed E-state index contributed by atoms with van der Waals surface area (Å²) in [6.07, 6.45) is 0. The molecule has 0 aromatic heterocycles. The molecule has 146 valence electrons. The number of benzene rings is 1. The zero-order valence-electron chi connectivity index (χ0n) is 15.9. The van der Waals surface area contributed by atoms with E-state index in [1.54, 1.807) is 6.92 Å². The van der Waals surface area contributed by atoms with Gasteiger partial charge in [0.25, 0.3) is 0 Å². The van der Waals surface area contributed by atoms with E-state index < -0.39 is 41.9 Å². The Balaban J connectivity index is 2.09. The van der Waals surface area contributed by atoms with E-state index in [9.17, 15) is 19.5 Å². The molecule has 1 aromatic rings.